The molecule has 1 aromatic carbocycles. The monoisotopic (exact) mass is 294 g/mol. The Labute approximate surface area is 126 Å². The summed E-state index contributed by atoms with van der Waals surface area (Å²) < 4.78 is 6.92. The van der Waals surface area contributed by atoms with Gasteiger partial charge < -0.3 is 4.42 Å². The van der Waals surface area contributed by atoms with E-state index in [9.17, 15) is 9.59 Å². The number of para-hydroxylation sites is 1. The van der Waals surface area contributed by atoms with Crippen LogP contribution in [0.2, 0.25) is 0 Å². The number of benzene rings is 1. The first kappa shape index (κ1) is 14.0. The zero-order valence-corrected chi connectivity index (χ0v) is 12.0. The number of rotatable bonds is 4. The van der Waals surface area contributed by atoms with Gasteiger partial charge >= 0.3 is 5.63 Å². The predicted octanol–water partition coefficient (Wildman–Crippen LogP) is 2.91. The molecule has 0 saturated carbocycles. The molecule has 22 heavy (non-hydrogen) atoms. The third-order valence-electron chi connectivity index (χ3n) is 3.31. The van der Waals surface area contributed by atoms with Gasteiger partial charge in [0.2, 0.25) is 0 Å². The van der Waals surface area contributed by atoms with Crippen molar-refractivity contribution in [3.05, 3.63) is 70.3 Å². The van der Waals surface area contributed by atoms with Crippen LogP contribution in [0.1, 0.15) is 22.8 Å². The summed E-state index contributed by atoms with van der Waals surface area (Å²) in [6, 6.07) is 8.65. The summed E-state index contributed by atoms with van der Waals surface area (Å²) in [4.78, 5) is 24.1. The molecular formula is C17H14N2O3. The molecule has 3 rings (SSSR count). The fourth-order valence-corrected chi connectivity index (χ4v) is 2.13. The van der Waals surface area contributed by atoms with E-state index in [0.717, 1.165) is 17.5 Å². The first-order chi connectivity index (χ1) is 10.7. The van der Waals surface area contributed by atoms with E-state index in [1.165, 1.54) is 6.08 Å². The molecule has 0 fully saturated rings. The summed E-state index contributed by atoms with van der Waals surface area (Å²) in [6.07, 6.45) is 6.48. The summed E-state index contributed by atoms with van der Waals surface area (Å²) >= 11 is 0. The third-order valence-corrected chi connectivity index (χ3v) is 3.31. The summed E-state index contributed by atoms with van der Waals surface area (Å²) in [7, 11) is 0. The lowest BCUT2D eigenvalue weighted by molar-refractivity contribution is 0.104. The van der Waals surface area contributed by atoms with Crippen molar-refractivity contribution < 1.29 is 9.21 Å². The molecule has 5 heteroatoms. The van der Waals surface area contributed by atoms with Crippen molar-refractivity contribution in [3.63, 3.8) is 0 Å². The number of hydrogen-bond donors (Lipinski definition) is 0. The molecule has 110 valence electrons. The highest BCUT2D eigenvalue weighted by Gasteiger charge is 2.11. The minimum Gasteiger partial charge on any atom is -0.422 e. The fraction of sp³-hybridized carbons (Fsp3) is 0.118. The summed E-state index contributed by atoms with van der Waals surface area (Å²) in [5, 5.41) is 4.84. The summed E-state index contributed by atoms with van der Waals surface area (Å²) in [5.41, 5.74) is 0.674. The Balaban J connectivity index is 1.91. The number of hydrogen-bond acceptors (Lipinski definition) is 4. The highest BCUT2D eigenvalue weighted by Crippen LogP contribution is 2.13. The molecule has 2 aromatic heterocycles. The van der Waals surface area contributed by atoms with Gasteiger partial charge in [-0.2, -0.15) is 5.10 Å². The summed E-state index contributed by atoms with van der Waals surface area (Å²) in [5.74, 6) is -0.385. The molecule has 0 bridgehead atoms. The van der Waals surface area contributed by atoms with Crippen molar-refractivity contribution in [2.75, 3.05) is 0 Å². The maximum Gasteiger partial charge on any atom is 0.347 e. The summed E-state index contributed by atoms with van der Waals surface area (Å²) in [6.45, 7) is 2.74. The Bertz CT molecular complexity index is 919. The van der Waals surface area contributed by atoms with Crippen LogP contribution in [-0.4, -0.2) is 15.6 Å². The van der Waals surface area contributed by atoms with Gasteiger partial charge in [-0.1, -0.05) is 18.2 Å². The van der Waals surface area contributed by atoms with Gasteiger partial charge in [0, 0.05) is 23.7 Å². The van der Waals surface area contributed by atoms with E-state index < -0.39 is 5.63 Å². The smallest absolute Gasteiger partial charge is 0.347 e. The number of ketones is 1. The van der Waals surface area contributed by atoms with Crippen LogP contribution >= 0.6 is 0 Å². The highest BCUT2D eigenvalue weighted by atomic mass is 16.4. The van der Waals surface area contributed by atoms with E-state index in [2.05, 4.69) is 5.10 Å². The number of fused-ring (bicyclic) bond motifs is 1. The number of carbonyl (C=O) groups excluding carboxylic acids is 1. The van der Waals surface area contributed by atoms with Gasteiger partial charge in [0.25, 0.3) is 0 Å². The van der Waals surface area contributed by atoms with Crippen molar-refractivity contribution in [1.82, 2.24) is 9.78 Å². The molecule has 0 spiro atoms. The standard InChI is InChI=1S/C17H14N2O3/c1-2-19-11-12(10-18-19)7-8-15(20)14-9-13-5-3-4-6-16(13)22-17(14)21/h3-11H,2H2,1H3/b8-7+. The van der Waals surface area contributed by atoms with Crippen LogP contribution in [0.15, 0.2) is 58.0 Å². The normalized spacial score (nSPS) is 11.3. The van der Waals surface area contributed by atoms with E-state index in [-0.39, 0.29) is 11.3 Å². The van der Waals surface area contributed by atoms with Crippen LogP contribution in [-0.2, 0) is 6.54 Å². The number of nitrogens with zero attached hydrogens (tertiary/aromatic N) is 2. The van der Waals surface area contributed by atoms with Gasteiger partial charge in [0.15, 0.2) is 5.78 Å². The van der Waals surface area contributed by atoms with Crippen molar-refractivity contribution in [2.24, 2.45) is 0 Å². The molecule has 0 amide bonds. The van der Waals surface area contributed by atoms with Crippen molar-refractivity contribution in [3.8, 4) is 0 Å². The van der Waals surface area contributed by atoms with Crippen LogP contribution < -0.4 is 5.63 Å². The molecule has 0 unspecified atom stereocenters. The van der Waals surface area contributed by atoms with Gasteiger partial charge in [-0.25, -0.2) is 4.79 Å². The number of aryl methyl sites for hydroxylation is 1. The lowest BCUT2D eigenvalue weighted by Gasteiger charge is -1.98. The van der Waals surface area contributed by atoms with Gasteiger partial charge in [0.05, 0.1) is 6.20 Å². The van der Waals surface area contributed by atoms with E-state index in [1.54, 1.807) is 41.2 Å². The average molecular weight is 294 g/mol. The maximum atomic E-state index is 12.2. The predicted molar refractivity (Wildman–Crippen MR) is 83.7 cm³/mol. The van der Waals surface area contributed by atoms with E-state index in [1.807, 2.05) is 19.2 Å². The van der Waals surface area contributed by atoms with E-state index in [0.29, 0.717) is 5.58 Å². The first-order valence-electron chi connectivity index (χ1n) is 6.95. The molecule has 0 saturated heterocycles. The molecule has 0 aliphatic carbocycles. The lowest BCUT2D eigenvalue weighted by Crippen LogP contribution is -2.11. The molecule has 0 N–H and O–H groups in total. The van der Waals surface area contributed by atoms with Crippen molar-refractivity contribution in [1.29, 1.82) is 0 Å². The molecule has 0 aliphatic rings. The second-order valence-corrected chi connectivity index (χ2v) is 4.81. The molecule has 0 atom stereocenters. The molecular weight excluding hydrogens is 280 g/mol. The second-order valence-electron chi connectivity index (χ2n) is 4.81. The minimum atomic E-state index is -0.627. The van der Waals surface area contributed by atoms with Crippen LogP contribution in [0.3, 0.4) is 0 Å². The topological polar surface area (TPSA) is 65.1 Å². The van der Waals surface area contributed by atoms with Crippen molar-refractivity contribution in [2.45, 2.75) is 13.5 Å². The van der Waals surface area contributed by atoms with Gasteiger partial charge in [-0.3, -0.25) is 9.48 Å². The Morgan fingerprint density at radius 2 is 2.18 bits per heavy atom. The van der Waals surface area contributed by atoms with Gasteiger partial charge in [0.1, 0.15) is 11.1 Å². The van der Waals surface area contributed by atoms with Gasteiger partial charge in [-0.15, -0.1) is 0 Å². The van der Waals surface area contributed by atoms with Gasteiger partial charge in [-0.05, 0) is 31.2 Å². The lowest BCUT2D eigenvalue weighted by atomic mass is 10.1. The first-order valence-corrected chi connectivity index (χ1v) is 6.95. The zero-order valence-electron chi connectivity index (χ0n) is 12.0. The molecule has 0 radical (unpaired) electrons. The Morgan fingerprint density at radius 3 is 2.95 bits per heavy atom. The minimum absolute atomic E-state index is 0.0258. The van der Waals surface area contributed by atoms with Crippen LogP contribution in [0.25, 0.3) is 17.0 Å². The molecule has 0 aliphatic heterocycles. The van der Waals surface area contributed by atoms with Crippen LogP contribution in [0.5, 0.6) is 0 Å². The van der Waals surface area contributed by atoms with E-state index in [4.69, 9.17) is 4.42 Å². The molecule has 3 aromatic rings. The highest BCUT2D eigenvalue weighted by molar-refractivity contribution is 6.07. The molecule has 2 heterocycles. The Hall–Kier alpha value is -2.95. The Morgan fingerprint density at radius 1 is 1.36 bits per heavy atom. The van der Waals surface area contributed by atoms with Crippen LogP contribution in [0.4, 0.5) is 0 Å². The zero-order chi connectivity index (χ0) is 15.5. The second kappa shape index (κ2) is 5.81. The number of aromatic nitrogens is 2. The maximum absolute atomic E-state index is 12.2. The average Bonchev–Trinajstić information content (AvgIpc) is 3.00. The largest absolute Gasteiger partial charge is 0.422 e. The number of allylic oxidation sites excluding steroid dienone is 1. The quantitative estimate of drug-likeness (QED) is 0.421. The number of carbonyl (C=O) groups is 1. The third kappa shape index (κ3) is 2.74. The molecule has 5 nitrogen and oxygen atoms in total. The fourth-order valence-electron chi connectivity index (χ4n) is 2.13. The van der Waals surface area contributed by atoms with Crippen LogP contribution in [0, 0.1) is 0 Å². The Kier molecular flexibility index (Phi) is 3.70. The SMILES string of the molecule is CCn1cc(/C=C/C(=O)c2cc3ccccc3oc2=O)cn1. The van der Waals surface area contributed by atoms with Crippen molar-refractivity contribution >= 4 is 22.8 Å². The van der Waals surface area contributed by atoms with E-state index >= 15 is 0 Å².